The van der Waals surface area contributed by atoms with Crippen LogP contribution in [0.1, 0.15) is 23.1 Å². The zero-order valence-corrected chi connectivity index (χ0v) is 16.2. The van der Waals surface area contributed by atoms with Gasteiger partial charge in [0.05, 0.1) is 24.6 Å². The second-order valence-electron chi connectivity index (χ2n) is 5.78. The largest absolute Gasteiger partial charge is 0.450 e. The van der Waals surface area contributed by atoms with E-state index in [4.69, 9.17) is 4.74 Å². The van der Waals surface area contributed by atoms with Crippen molar-refractivity contribution < 1.29 is 14.3 Å². The van der Waals surface area contributed by atoms with Crippen LogP contribution in [-0.2, 0) is 28.2 Å². The number of thioether (sulfide) groups is 1. The van der Waals surface area contributed by atoms with Crippen LogP contribution in [0.2, 0.25) is 0 Å². The molecule has 3 rings (SSSR count). The van der Waals surface area contributed by atoms with Crippen molar-refractivity contribution in [2.24, 2.45) is 0 Å². The Labute approximate surface area is 160 Å². The predicted octanol–water partition coefficient (Wildman–Crippen LogP) is 3.53. The predicted molar refractivity (Wildman–Crippen MR) is 104 cm³/mol. The van der Waals surface area contributed by atoms with Crippen LogP contribution < -0.4 is 5.32 Å². The number of hydrogen-bond donors (Lipinski definition) is 1. The molecule has 1 N–H and O–H groups in total. The summed E-state index contributed by atoms with van der Waals surface area (Å²) < 4.78 is 4.87. The summed E-state index contributed by atoms with van der Waals surface area (Å²) in [6.45, 7) is 3.30. The number of nitrogens with one attached hydrogen (secondary N) is 1. The summed E-state index contributed by atoms with van der Waals surface area (Å²) in [5, 5.41) is 3.16. The Bertz CT molecular complexity index is 764. The molecule has 26 heavy (non-hydrogen) atoms. The van der Waals surface area contributed by atoms with Gasteiger partial charge in [0.25, 0.3) is 0 Å². The summed E-state index contributed by atoms with van der Waals surface area (Å²) in [5.74, 6) is 1.45. The Morgan fingerprint density at radius 3 is 2.92 bits per heavy atom. The first kappa shape index (κ1) is 18.7. The number of amides is 2. The van der Waals surface area contributed by atoms with Crippen LogP contribution in [0.3, 0.4) is 0 Å². The maximum atomic E-state index is 12.5. The molecule has 0 spiro atoms. The molecule has 6 nitrogen and oxygen atoms in total. The summed E-state index contributed by atoms with van der Waals surface area (Å²) >= 11 is 3.04. The first-order chi connectivity index (χ1) is 12.7. The monoisotopic (exact) mass is 391 g/mol. The highest BCUT2D eigenvalue weighted by atomic mass is 32.2. The van der Waals surface area contributed by atoms with E-state index in [0.717, 1.165) is 16.3 Å². The van der Waals surface area contributed by atoms with Crippen LogP contribution in [0.5, 0.6) is 0 Å². The average Bonchev–Trinajstić information content (AvgIpc) is 3.03. The quantitative estimate of drug-likeness (QED) is 0.816. The van der Waals surface area contributed by atoms with Crippen molar-refractivity contribution in [3.05, 3.63) is 46.5 Å². The zero-order chi connectivity index (χ0) is 18.4. The fourth-order valence-electron chi connectivity index (χ4n) is 2.64. The fraction of sp³-hybridized carbons (Fsp3) is 0.389. The van der Waals surface area contributed by atoms with Crippen molar-refractivity contribution in [1.82, 2.24) is 9.88 Å². The van der Waals surface area contributed by atoms with E-state index in [1.807, 2.05) is 23.1 Å². The van der Waals surface area contributed by atoms with Crippen molar-refractivity contribution in [2.45, 2.75) is 25.6 Å². The lowest BCUT2D eigenvalue weighted by Gasteiger charge is -2.26. The number of hydrogen-bond acceptors (Lipinski definition) is 6. The van der Waals surface area contributed by atoms with E-state index in [2.05, 4.69) is 22.4 Å². The van der Waals surface area contributed by atoms with Gasteiger partial charge in [-0.05, 0) is 12.5 Å². The lowest BCUT2D eigenvalue weighted by Crippen LogP contribution is -2.36. The van der Waals surface area contributed by atoms with Gasteiger partial charge in [-0.3, -0.25) is 10.1 Å². The van der Waals surface area contributed by atoms with Crippen LogP contribution in [0, 0.1) is 0 Å². The minimum Gasteiger partial charge on any atom is -0.450 e. The van der Waals surface area contributed by atoms with Crippen molar-refractivity contribution >= 4 is 40.2 Å². The van der Waals surface area contributed by atoms with Gasteiger partial charge in [0.15, 0.2) is 5.13 Å². The molecule has 0 saturated carbocycles. The number of benzene rings is 1. The molecule has 0 unspecified atom stereocenters. The highest BCUT2D eigenvalue weighted by Gasteiger charge is 2.24. The van der Waals surface area contributed by atoms with Crippen LogP contribution >= 0.6 is 23.1 Å². The zero-order valence-electron chi connectivity index (χ0n) is 14.6. The van der Waals surface area contributed by atoms with E-state index in [9.17, 15) is 9.59 Å². The second kappa shape index (κ2) is 9.05. The molecule has 0 aliphatic carbocycles. The molecule has 2 heterocycles. The van der Waals surface area contributed by atoms with Crippen molar-refractivity contribution in [1.29, 1.82) is 0 Å². The molecule has 2 aromatic rings. The summed E-state index contributed by atoms with van der Waals surface area (Å²) in [7, 11) is 0. The van der Waals surface area contributed by atoms with Gasteiger partial charge in [0.1, 0.15) is 0 Å². The smallest absolute Gasteiger partial charge is 0.413 e. The van der Waals surface area contributed by atoms with Gasteiger partial charge in [-0.1, -0.05) is 41.7 Å². The first-order valence-corrected chi connectivity index (χ1v) is 10.4. The molecule has 1 aromatic carbocycles. The van der Waals surface area contributed by atoms with E-state index < -0.39 is 6.09 Å². The number of aromatic nitrogens is 1. The van der Waals surface area contributed by atoms with Crippen molar-refractivity contribution in [3.8, 4) is 0 Å². The van der Waals surface area contributed by atoms with E-state index >= 15 is 0 Å². The fourth-order valence-corrected chi connectivity index (χ4v) is 4.53. The number of carbonyl (C=O) groups excluding carboxylic acids is 2. The van der Waals surface area contributed by atoms with Crippen molar-refractivity contribution in [2.75, 3.05) is 24.2 Å². The van der Waals surface area contributed by atoms with Crippen LogP contribution in [0.25, 0.3) is 0 Å². The highest BCUT2D eigenvalue weighted by Crippen LogP contribution is 2.28. The number of carbonyl (C=O) groups is 2. The average molecular weight is 392 g/mol. The summed E-state index contributed by atoms with van der Waals surface area (Å²) in [5.41, 5.74) is 2.19. The molecule has 0 saturated heterocycles. The molecule has 1 aromatic heterocycles. The Balaban J connectivity index is 1.50. The van der Waals surface area contributed by atoms with Crippen molar-refractivity contribution in [3.63, 3.8) is 0 Å². The number of ether oxygens (including phenoxy) is 1. The molecule has 8 heteroatoms. The molecular weight excluding hydrogens is 370 g/mol. The maximum absolute atomic E-state index is 12.5. The standard InChI is InChI=1S/C18H21N3O3S2/c1-2-24-18(23)20-17-19-14-8-9-21(10-15(14)26-17)16(22)12-25-11-13-6-4-3-5-7-13/h3-7H,2,8-12H2,1H3,(H,19,20,23). The first-order valence-electron chi connectivity index (χ1n) is 8.47. The van der Waals surface area contributed by atoms with Crippen LogP contribution in [0.15, 0.2) is 30.3 Å². The minimum atomic E-state index is -0.496. The third-order valence-electron chi connectivity index (χ3n) is 3.91. The Kier molecular flexibility index (Phi) is 6.51. The van der Waals surface area contributed by atoms with Gasteiger partial charge < -0.3 is 9.64 Å². The molecule has 1 aliphatic rings. The summed E-state index contributed by atoms with van der Waals surface area (Å²) in [6.07, 6.45) is 0.217. The van der Waals surface area contributed by atoms with E-state index in [-0.39, 0.29) is 5.91 Å². The number of fused-ring (bicyclic) bond motifs is 1. The summed E-state index contributed by atoms with van der Waals surface area (Å²) in [6, 6.07) is 10.1. The Morgan fingerprint density at radius 1 is 1.35 bits per heavy atom. The topological polar surface area (TPSA) is 71.5 Å². The van der Waals surface area contributed by atoms with Gasteiger partial charge in [0, 0.05) is 23.6 Å². The normalized spacial score (nSPS) is 13.2. The lowest BCUT2D eigenvalue weighted by molar-refractivity contribution is -0.129. The Hall–Kier alpha value is -2.06. The number of thiazole rings is 1. The summed E-state index contributed by atoms with van der Waals surface area (Å²) in [4.78, 5) is 31.3. The number of anilines is 1. The number of rotatable bonds is 6. The molecule has 138 valence electrons. The van der Waals surface area contributed by atoms with Gasteiger partial charge in [-0.25, -0.2) is 9.78 Å². The van der Waals surface area contributed by atoms with E-state index in [1.165, 1.54) is 16.9 Å². The molecular formula is C18H21N3O3S2. The molecule has 0 fully saturated rings. The second-order valence-corrected chi connectivity index (χ2v) is 7.85. The molecule has 1 aliphatic heterocycles. The lowest BCUT2D eigenvalue weighted by atomic mass is 10.2. The van der Waals surface area contributed by atoms with E-state index in [1.54, 1.807) is 18.7 Å². The maximum Gasteiger partial charge on any atom is 0.413 e. The van der Waals surface area contributed by atoms with Crippen LogP contribution in [-0.4, -0.2) is 40.8 Å². The van der Waals surface area contributed by atoms with Gasteiger partial charge in [0.2, 0.25) is 5.91 Å². The highest BCUT2D eigenvalue weighted by molar-refractivity contribution is 7.99. The minimum absolute atomic E-state index is 0.143. The van der Waals surface area contributed by atoms with Gasteiger partial charge in [-0.2, -0.15) is 0 Å². The van der Waals surface area contributed by atoms with E-state index in [0.29, 0.717) is 37.0 Å². The Morgan fingerprint density at radius 2 is 2.15 bits per heavy atom. The number of nitrogens with zero attached hydrogens (tertiary/aromatic N) is 2. The SMILES string of the molecule is CCOC(=O)Nc1nc2c(s1)CN(C(=O)CSCc1ccccc1)CC2. The third kappa shape index (κ3) is 4.98. The van der Waals surface area contributed by atoms with Crippen LogP contribution in [0.4, 0.5) is 9.93 Å². The molecule has 0 bridgehead atoms. The third-order valence-corrected chi connectivity index (χ3v) is 5.89. The molecule has 0 atom stereocenters. The molecule has 0 radical (unpaired) electrons. The van der Waals surface area contributed by atoms with Gasteiger partial charge >= 0.3 is 6.09 Å². The van der Waals surface area contributed by atoms with Gasteiger partial charge in [-0.15, -0.1) is 11.8 Å². The molecule has 2 amide bonds.